The first-order chi connectivity index (χ1) is 13.6. The number of aryl methyl sites for hydroxylation is 1. The molecule has 1 fully saturated rings. The lowest BCUT2D eigenvalue weighted by Gasteiger charge is -2.34. The number of rotatable bonds is 4. The van der Waals surface area contributed by atoms with E-state index < -0.39 is 28.0 Å². The minimum absolute atomic E-state index is 0.219. The van der Waals surface area contributed by atoms with Crippen molar-refractivity contribution in [2.24, 2.45) is 0 Å². The lowest BCUT2D eigenvalue weighted by Crippen LogP contribution is -2.49. The number of halogens is 3. The van der Waals surface area contributed by atoms with Crippen LogP contribution < -0.4 is 9.62 Å². The molecule has 12 heteroatoms. The van der Waals surface area contributed by atoms with E-state index in [-0.39, 0.29) is 6.54 Å². The molecule has 1 aliphatic rings. The number of aromatic amines is 1. The Morgan fingerprint density at radius 3 is 2.90 bits per heavy atom. The van der Waals surface area contributed by atoms with Crippen molar-refractivity contribution in [3.63, 3.8) is 0 Å². The molecule has 29 heavy (non-hydrogen) atoms. The van der Waals surface area contributed by atoms with Gasteiger partial charge < -0.3 is 9.88 Å². The van der Waals surface area contributed by atoms with Gasteiger partial charge in [-0.25, -0.2) is 28.1 Å². The zero-order valence-corrected chi connectivity index (χ0v) is 16.3. The molecule has 156 valence electrons. The number of fused-ring (bicyclic) bond motifs is 3. The second-order valence-electron chi connectivity index (χ2n) is 7.13. The standard InChI is InChI=1S/C17H19F3N6O2S/c1-10-23-13-7-22-15-12(4-5-21-15)14(13)16(24-10)26-6-2-3-11(8-26)25-29(27,28)9-17(18,19)20/h4-5,7,11,25H,2-3,6,8-9H2,1H3,(H,21,22). The molecule has 0 bridgehead atoms. The normalized spacial score (nSPS) is 18.6. The maximum Gasteiger partial charge on any atom is 0.404 e. The van der Waals surface area contributed by atoms with E-state index in [4.69, 9.17) is 0 Å². The third-order valence-electron chi connectivity index (χ3n) is 4.76. The molecule has 8 nitrogen and oxygen atoms in total. The molecule has 1 saturated heterocycles. The number of nitrogens with zero attached hydrogens (tertiary/aromatic N) is 4. The molecule has 1 aliphatic heterocycles. The number of aromatic nitrogens is 4. The van der Waals surface area contributed by atoms with Crippen molar-refractivity contribution in [3.8, 4) is 0 Å². The zero-order chi connectivity index (χ0) is 20.8. The fourth-order valence-electron chi connectivity index (χ4n) is 3.73. The maximum absolute atomic E-state index is 12.5. The van der Waals surface area contributed by atoms with Crippen LogP contribution in [0.4, 0.5) is 19.0 Å². The van der Waals surface area contributed by atoms with E-state index in [0.717, 1.165) is 10.8 Å². The number of hydrogen-bond donors (Lipinski definition) is 2. The summed E-state index contributed by atoms with van der Waals surface area (Å²) < 4.78 is 63.5. The van der Waals surface area contributed by atoms with Crippen molar-refractivity contribution in [1.29, 1.82) is 0 Å². The second kappa shape index (κ2) is 7.10. The van der Waals surface area contributed by atoms with Crippen LogP contribution in [0.25, 0.3) is 21.9 Å². The van der Waals surface area contributed by atoms with Crippen molar-refractivity contribution in [1.82, 2.24) is 24.7 Å². The van der Waals surface area contributed by atoms with E-state index in [2.05, 4.69) is 24.7 Å². The summed E-state index contributed by atoms with van der Waals surface area (Å²) in [4.78, 5) is 18.3. The summed E-state index contributed by atoms with van der Waals surface area (Å²) >= 11 is 0. The molecule has 3 aromatic heterocycles. The average Bonchev–Trinajstić information content (AvgIpc) is 3.07. The largest absolute Gasteiger partial charge is 0.404 e. The number of alkyl halides is 3. The Hall–Kier alpha value is -2.47. The maximum atomic E-state index is 12.5. The average molecular weight is 428 g/mol. The van der Waals surface area contributed by atoms with Crippen molar-refractivity contribution >= 4 is 37.8 Å². The van der Waals surface area contributed by atoms with E-state index in [0.29, 0.717) is 42.2 Å². The van der Waals surface area contributed by atoms with Crippen LogP contribution in [0, 0.1) is 6.92 Å². The van der Waals surface area contributed by atoms with Gasteiger partial charge in [0.15, 0.2) is 5.75 Å². The lowest BCUT2D eigenvalue weighted by atomic mass is 10.1. The molecule has 4 rings (SSSR count). The highest BCUT2D eigenvalue weighted by Gasteiger charge is 2.37. The first-order valence-electron chi connectivity index (χ1n) is 9.03. The van der Waals surface area contributed by atoms with E-state index in [1.807, 2.05) is 11.0 Å². The second-order valence-corrected chi connectivity index (χ2v) is 8.88. The highest BCUT2D eigenvalue weighted by atomic mass is 32.2. The van der Waals surface area contributed by atoms with Gasteiger partial charge in [0.2, 0.25) is 10.0 Å². The Balaban J connectivity index is 1.67. The van der Waals surface area contributed by atoms with Crippen LogP contribution in [0.15, 0.2) is 18.5 Å². The number of piperidine rings is 1. The zero-order valence-electron chi connectivity index (χ0n) is 15.5. The van der Waals surface area contributed by atoms with Crippen LogP contribution in [0.3, 0.4) is 0 Å². The van der Waals surface area contributed by atoms with E-state index >= 15 is 0 Å². The van der Waals surface area contributed by atoms with Crippen molar-refractivity contribution in [2.75, 3.05) is 23.7 Å². The van der Waals surface area contributed by atoms with Crippen LogP contribution in [-0.4, -0.2) is 59.4 Å². The molecule has 0 aromatic carbocycles. The number of H-pyrrole nitrogens is 1. The summed E-state index contributed by atoms with van der Waals surface area (Å²) in [5.74, 6) is -0.731. The summed E-state index contributed by atoms with van der Waals surface area (Å²) in [5.41, 5.74) is 1.32. The first kappa shape index (κ1) is 19.8. The van der Waals surface area contributed by atoms with E-state index in [1.165, 1.54) is 0 Å². The molecule has 3 aromatic rings. The Morgan fingerprint density at radius 2 is 2.14 bits per heavy atom. The Kier molecular flexibility index (Phi) is 4.85. The van der Waals surface area contributed by atoms with Gasteiger partial charge >= 0.3 is 6.18 Å². The Bertz CT molecular complexity index is 1160. The molecular weight excluding hydrogens is 409 g/mol. The van der Waals surface area contributed by atoms with Crippen LogP contribution in [0.2, 0.25) is 0 Å². The van der Waals surface area contributed by atoms with Crippen LogP contribution in [-0.2, 0) is 10.0 Å². The van der Waals surface area contributed by atoms with Gasteiger partial charge in [-0.3, -0.25) is 0 Å². The van der Waals surface area contributed by atoms with Gasteiger partial charge in [-0.15, -0.1) is 0 Å². The van der Waals surface area contributed by atoms with Crippen LogP contribution in [0.5, 0.6) is 0 Å². The Labute approximate surface area is 164 Å². The predicted octanol–water partition coefficient (Wildman–Crippen LogP) is 2.27. The summed E-state index contributed by atoms with van der Waals surface area (Å²) in [6, 6.07) is 1.23. The van der Waals surface area contributed by atoms with Crippen molar-refractivity contribution < 1.29 is 21.6 Å². The smallest absolute Gasteiger partial charge is 0.354 e. The minimum Gasteiger partial charge on any atom is -0.354 e. The predicted molar refractivity (Wildman–Crippen MR) is 102 cm³/mol. The fraction of sp³-hybridized carbons (Fsp3) is 0.471. The van der Waals surface area contributed by atoms with Gasteiger partial charge in [-0.1, -0.05) is 0 Å². The van der Waals surface area contributed by atoms with Crippen molar-refractivity contribution in [3.05, 3.63) is 24.3 Å². The summed E-state index contributed by atoms with van der Waals surface area (Å²) in [6.07, 6.45) is -0.320. The third-order valence-corrected chi connectivity index (χ3v) is 6.16. The molecule has 2 N–H and O–H groups in total. The number of hydrogen-bond acceptors (Lipinski definition) is 6. The van der Waals surface area contributed by atoms with Crippen molar-refractivity contribution in [2.45, 2.75) is 32.0 Å². The van der Waals surface area contributed by atoms with E-state index in [1.54, 1.807) is 19.3 Å². The summed E-state index contributed by atoms with van der Waals surface area (Å²) in [7, 11) is -4.47. The molecule has 0 saturated carbocycles. The molecule has 0 aliphatic carbocycles. The summed E-state index contributed by atoms with van der Waals surface area (Å²) in [6.45, 7) is 2.58. The van der Waals surface area contributed by atoms with Gasteiger partial charge in [0.05, 0.1) is 17.1 Å². The fourth-order valence-corrected chi connectivity index (χ4v) is 4.95. The number of sulfonamides is 1. The van der Waals surface area contributed by atoms with E-state index in [9.17, 15) is 21.6 Å². The van der Waals surface area contributed by atoms with Crippen LogP contribution in [0.1, 0.15) is 18.7 Å². The highest BCUT2D eigenvalue weighted by molar-refractivity contribution is 7.89. The third kappa shape index (κ3) is 4.27. The molecule has 0 spiro atoms. The minimum atomic E-state index is -4.78. The van der Waals surface area contributed by atoms with Gasteiger partial charge in [0.1, 0.15) is 17.3 Å². The van der Waals surface area contributed by atoms with Gasteiger partial charge in [0.25, 0.3) is 0 Å². The molecule has 0 radical (unpaired) electrons. The first-order valence-corrected chi connectivity index (χ1v) is 10.7. The molecule has 1 unspecified atom stereocenters. The van der Waals surface area contributed by atoms with Gasteiger partial charge in [0, 0.05) is 30.7 Å². The topological polar surface area (TPSA) is 104 Å². The quantitative estimate of drug-likeness (QED) is 0.661. The van der Waals surface area contributed by atoms with Gasteiger partial charge in [-0.05, 0) is 25.8 Å². The van der Waals surface area contributed by atoms with Crippen LogP contribution >= 0.6 is 0 Å². The monoisotopic (exact) mass is 428 g/mol. The Morgan fingerprint density at radius 1 is 1.34 bits per heavy atom. The van der Waals surface area contributed by atoms with Gasteiger partial charge in [-0.2, -0.15) is 13.2 Å². The molecule has 4 heterocycles. The molecule has 0 amide bonds. The summed E-state index contributed by atoms with van der Waals surface area (Å²) in [5, 5.41) is 1.61. The molecule has 1 atom stereocenters. The number of anilines is 1. The lowest BCUT2D eigenvalue weighted by molar-refractivity contribution is -0.106. The highest BCUT2D eigenvalue weighted by Crippen LogP contribution is 2.31. The molecular formula is C17H19F3N6O2S. The SMILES string of the molecule is Cc1nc(N2CCCC(NS(=O)(=O)CC(F)(F)F)C2)c2c(cnc3[nH]ccc32)n1. The number of pyridine rings is 1. The number of nitrogens with one attached hydrogen (secondary N) is 2.